The quantitative estimate of drug-likeness (QED) is 0.0746. The summed E-state index contributed by atoms with van der Waals surface area (Å²) >= 11 is 0. The van der Waals surface area contributed by atoms with Crippen LogP contribution in [-0.2, 0) is 9.53 Å². The van der Waals surface area contributed by atoms with E-state index in [4.69, 9.17) is 9.84 Å². The van der Waals surface area contributed by atoms with Crippen molar-refractivity contribution < 1.29 is 19.7 Å². The summed E-state index contributed by atoms with van der Waals surface area (Å²) in [6.07, 6.45) is 38.5. The van der Waals surface area contributed by atoms with Gasteiger partial charge >= 0.3 is 5.97 Å². The molecule has 0 amide bonds. The monoisotopic (exact) mass is 569 g/mol. The van der Waals surface area contributed by atoms with Crippen molar-refractivity contribution in [3.8, 4) is 0 Å². The molecule has 240 valence electrons. The van der Waals surface area contributed by atoms with E-state index in [1.807, 2.05) is 0 Å². The van der Waals surface area contributed by atoms with Gasteiger partial charge in [-0.1, -0.05) is 167 Å². The first-order chi connectivity index (χ1) is 19.7. The van der Waals surface area contributed by atoms with Gasteiger partial charge in [0.25, 0.3) is 0 Å². The first-order valence-electron chi connectivity index (χ1n) is 18.1. The number of carbonyl (C=O) groups is 1. The first-order valence-corrected chi connectivity index (χ1v) is 18.1. The average Bonchev–Trinajstić information content (AvgIpc) is 2.94. The molecular weight excluding hydrogens is 496 g/mol. The molecule has 0 aliphatic carbocycles. The van der Waals surface area contributed by atoms with Crippen LogP contribution in [0.3, 0.4) is 0 Å². The standard InChI is InChI=1S/C36H72O4/c1-2-3-4-25-30-35(37)31-26-21-17-13-12-16-20-24-29-34-40-33-28-23-19-15-11-9-7-5-6-8-10-14-18-22-27-32-36(38)39/h35,37H,2-34H2,1H3,(H,38,39). The second kappa shape index (κ2) is 34.6. The largest absolute Gasteiger partial charge is 0.481 e. The summed E-state index contributed by atoms with van der Waals surface area (Å²) in [5, 5.41) is 18.7. The van der Waals surface area contributed by atoms with Crippen molar-refractivity contribution in [2.75, 3.05) is 13.2 Å². The predicted molar refractivity (Wildman–Crippen MR) is 173 cm³/mol. The SMILES string of the molecule is CCCCCCC(O)CCCCCCCCCCCOCCCCCCCCCCCCCCCCCC(=O)O. The van der Waals surface area contributed by atoms with E-state index in [2.05, 4.69) is 6.92 Å². The van der Waals surface area contributed by atoms with Crippen molar-refractivity contribution in [2.45, 2.75) is 212 Å². The van der Waals surface area contributed by atoms with Gasteiger partial charge < -0.3 is 14.9 Å². The van der Waals surface area contributed by atoms with Gasteiger partial charge in [0.15, 0.2) is 0 Å². The average molecular weight is 569 g/mol. The third kappa shape index (κ3) is 35.4. The zero-order chi connectivity index (χ0) is 29.2. The molecule has 0 bridgehead atoms. The summed E-state index contributed by atoms with van der Waals surface area (Å²) < 4.78 is 5.85. The summed E-state index contributed by atoms with van der Waals surface area (Å²) in [4.78, 5) is 10.5. The van der Waals surface area contributed by atoms with E-state index in [1.165, 1.54) is 167 Å². The molecule has 0 fully saturated rings. The second-order valence-corrected chi connectivity index (χ2v) is 12.5. The Hall–Kier alpha value is -0.610. The number of unbranched alkanes of at least 4 members (excludes halogenated alkanes) is 25. The minimum absolute atomic E-state index is 0.0531. The lowest BCUT2D eigenvalue weighted by atomic mass is 10.0. The molecule has 0 saturated heterocycles. The molecule has 0 heterocycles. The Bertz CT molecular complexity index is 481. The van der Waals surface area contributed by atoms with E-state index in [1.54, 1.807) is 0 Å². The Labute approximate surface area is 250 Å². The Morgan fingerprint density at radius 2 is 0.775 bits per heavy atom. The van der Waals surface area contributed by atoms with Crippen LogP contribution in [0.15, 0.2) is 0 Å². The van der Waals surface area contributed by atoms with Crippen LogP contribution in [0.1, 0.15) is 206 Å². The molecule has 0 aromatic heterocycles. The van der Waals surface area contributed by atoms with Crippen LogP contribution in [0.25, 0.3) is 0 Å². The Morgan fingerprint density at radius 1 is 0.475 bits per heavy atom. The van der Waals surface area contributed by atoms with Crippen molar-refractivity contribution in [1.29, 1.82) is 0 Å². The molecule has 2 N–H and O–H groups in total. The number of aliphatic hydroxyl groups is 1. The molecule has 0 aliphatic heterocycles. The van der Waals surface area contributed by atoms with Crippen LogP contribution >= 0.6 is 0 Å². The fraction of sp³-hybridized carbons (Fsp3) is 0.972. The van der Waals surface area contributed by atoms with Crippen LogP contribution in [0.4, 0.5) is 0 Å². The molecule has 1 atom stereocenters. The zero-order valence-corrected chi connectivity index (χ0v) is 27.1. The summed E-state index contributed by atoms with van der Waals surface area (Å²) in [5.41, 5.74) is 0. The van der Waals surface area contributed by atoms with E-state index < -0.39 is 5.97 Å². The van der Waals surface area contributed by atoms with Crippen LogP contribution in [0.2, 0.25) is 0 Å². The molecule has 0 aromatic rings. The Balaban J connectivity index is 3.08. The van der Waals surface area contributed by atoms with Crippen LogP contribution in [-0.4, -0.2) is 35.5 Å². The summed E-state index contributed by atoms with van der Waals surface area (Å²) in [6, 6.07) is 0. The maximum atomic E-state index is 10.5. The lowest BCUT2D eigenvalue weighted by Gasteiger charge is -2.10. The van der Waals surface area contributed by atoms with Crippen molar-refractivity contribution in [3.63, 3.8) is 0 Å². The molecule has 0 spiro atoms. The Morgan fingerprint density at radius 3 is 1.12 bits per heavy atom. The number of hydrogen-bond acceptors (Lipinski definition) is 3. The molecule has 0 aliphatic rings. The molecule has 0 saturated carbocycles. The van der Waals surface area contributed by atoms with E-state index >= 15 is 0 Å². The highest BCUT2D eigenvalue weighted by molar-refractivity contribution is 5.66. The highest BCUT2D eigenvalue weighted by Crippen LogP contribution is 2.15. The molecule has 1 unspecified atom stereocenters. The lowest BCUT2D eigenvalue weighted by molar-refractivity contribution is -0.137. The molecule has 0 aromatic carbocycles. The van der Waals surface area contributed by atoms with Gasteiger partial charge in [-0.3, -0.25) is 4.79 Å². The maximum Gasteiger partial charge on any atom is 0.303 e. The number of hydrogen-bond donors (Lipinski definition) is 2. The Kier molecular flexibility index (Phi) is 34.1. The second-order valence-electron chi connectivity index (χ2n) is 12.5. The van der Waals surface area contributed by atoms with Crippen molar-refractivity contribution in [3.05, 3.63) is 0 Å². The number of aliphatic carboxylic acids is 1. The van der Waals surface area contributed by atoms with Gasteiger partial charge in [0.05, 0.1) is 6.10 Å². The number of carboxylic acids is 1. The van der Waals surface area contributed by atoms with Gasteiger partial charge in [-0.25, -0.2) is 0 Å². The highest BCUT2D eigenvalue weighted by Gasteiger charge is 2.03. The molecule has 40 heavy (non-hydrogen) atoms. The van der Waals surface area contributed by atoms with Gasteiger partial charge in [0.2, 0.25) is 0 Å². The minimum Gasteiger partial charge on any atom is -0.481 e. The zero-order valence-electron chi connectivity index (χ0n) is 27.1. The van der Waals surface area contributed by atoms with Crippen LogP contribution < -0.4 is 0 Å². The van der Waals surface area contributed by atoms with Gasteiger partial charge in [-0.05, 0) is 32.1 Å². The fourth-order valence-electron chi connectivity index (χ4n) is 5.65. The third-order valence-electron chi connectivity index (χ3n) is 8.40. The van der Waals surface area contributed by atoms with Crippen LogP contribution in [0, 0.1) is 0 Å². The van der Waals surface area contributed by atoms with Crippen molar-refractivity contribution in [1.82, 2.24) is 0 Å². The predicted octanol–water partition coefficient (Wildman–Crippen LogP) is 11.6. The van der Waals surface area contributed by atoms with Gasteiger partial charge in [0, 0.05) is 19.6 Å². The van der Waals surface area contributed by atoms with Gasteiger partial charge in [0.1, 0.15) is 0 Å². The van der Waals surface area contributed by atoms with E-state index in [0.29, 0.717) is 6.42 Å². The smallest absolute Gasteiger partial charge is 0.303 e. The van der Waals surface area contributed by atoms with E-state index in [-0.39, 0.29) is 6.10 Å². The van der Waals surface area contributed by atoms with E-state index in [9.17, 15) is 9.90 Å². The van der Waals surface area contributed by atoms with Crippen LogP contribution in [0.5, 0.6) is 0 Å². The van der Waals surface area contributed by atoms with Crippen molar-refractivity contribution in [2.24, 2.45) is 0 Å². The fourth-order valence-corrected chi connectivity index (χ4v) is 5.65. The van der Waals surface area contributed by atoms with Gasteiger partial charge in [-0.15, -0.1) is 0 Å². The van der Waals surface area contributed by atoms with E-state index in [0.717, 1.165) is 38.9 Å². The molecule has 0 rings (SSSR count). The molecule has 0 radical (unpaired) electrons. The summed E-state index contributed by atoms with van der Waals surface area (Å²) in [7, 11) is 0. The molecule has 4 heteroatoms. The number of rotatable bonds is 35. The molecular formula is C36H72O4. The van der Waals surface area contributed by atoms with Gasteiger partial charge in [-0.2, -0.15) is 0 Å². The minimum atomic E-state index is -0.657. The van der Waals surface area contributed by atoms with Crippen molar-refractivity contribution >= 4 is 5.97 Å². The normalized spacial score (nSPS) is 12.2. The summed E-state index contributed by atoms with van der Waals surface area (Å²) in [5.74, 6) is -0.657. The highest BCUT2D eigenvalue weighted by atomic mass is 16.5. The number of ether oxygens (including phenoxy) is 1. The maximum absolute atomic E-state index is 10.5. The third-order valence-corrected chi connectivity index (χ3v) is 8.40. The topological polar surface area (TPSA) is 66.8 Å². The molecule has 4 nitrogen and oxygen atoms in total. The first kappa shape index (κ1) is 39.4. The number of carboxylic acid groups (broad SMARTS) is 1. The number of aliphatic hydroxyl groups excluding tert-OH is 1. The lowest BCUT2D eigenvalue weighted by Crippen LogP contribution is -2.05. The summed E-state index contributed by atoms with van der Waals surface area (Å²) in [6.45, 7) is 4.14.